The summed E-state index contributed by atoms with van der Waals surface area (Å²) in [6.45, 7) is 2.58. The van der Waals surface area contributed by atoms with E-state index in [9.17, 15) is 4.79 Å². The Morgan fingerprint density at radius 2 is 2.40 bits per heavy atom. The van der Waals surface area contributed by atoms with Gasteiger partial charge >= 0.3 is 5.97 Å². The van der Waals surface area contributed by atoms with Crippen LogP contribution in [0.3, 0.4) is 0 Å². The zero-order chi connectivity index (χ0) is 11.1. The van der Waals surface area contributed by atoms with Crippen LogP contribution in [-0.4, -0.2) is 18.1 Å². The summed E-state index contributed by atoms with van der Waals surface area (Å²) in [6.07, 6.45) is 4.70. The fraction of sp³-hybridized carbons (Fsp3) is 0.273. The van der Waals surface area contributed by atoms with Gasteiger partial charge in [0.05, 0.1) is 7.11 Å². The Hall–Kier alpha value is -1.84. The average molecular weight is 206 g/mol. The molecule has 1 N–H and O–H groups in total. The number of carbonyl (C=O) groups is 1. The lowest BCUT2D eigenvalue weighted by molar-refractivity contribution is -0.134. The fourth-order valence-corrected chi connectivity index (χ4v) is 0.975. The average Bonchev–Trinajstić information content (AvgIpc) is 2.26. The Morgan fingerprint density at radius 3 is 3.00 bits per heavy atom. The summed E-state index contributed by atoms with van der Waals surface area (Å²) >= 11 is 0. The third-order valence-electron chi connectivity index (χ3n) is 1.82. The summed E-state index contributed by atoms with van der Waals surface area (Å²) in [5, 5.41) is 2.96. The third kappa shape index (κ3) is 4.26. The number of hydrogen-bond donors (Lipinski definition) is 1. The predicted octanol–water partition coefficient (Wildman–Crippen LogP) is 1.17. The van der Waals surface area contributed by atoms with E-state index in [0.29, 0.717) is 6.54 Å². The van der Waals surface area contributed by atoms with Crippen molar-refractivity contribution in [2.24, 2.45) is 0 Å². The quantitative estimate of drug-likeness (QED) is 0.593. The van der Waals surface area contributed by atoms with Gasteiger partial charge in [-0.1, -0.05) is 6.07 Å². The summed E-state index contributed by atoms with van der Waals surface area (Å²) in [7, 11) is 1.34. The Morgan fingerprint density at radius 1 is 1.60 bits per heavy atom. The molecule has 0 aromatic carbocycles. The molecule has 0 fully saturated rings. The van der Waals surface area contributed by atoms with Gasteiger partial charge in [-0.3, -0.25) is 4.98 Å². The maximum Gasteiger partial charge on any atom is 0.331 e. The summed E-state index contributed by atoms with van der Waals surface area (Å²) in [5.41, 5.74) is 2.05. The van der Waals surface area contributed by atoms with Crippen LogP contribution >= 0.6 is 0 Å². The largest absolute Gasteiger partial charge is 0.466 e. The van der Waals surface area contributed by atoms with Gasteiger partial charge < -0.3 is 10.1 Å². The molecule has 4 heteroatoms. The predicted molar refractivity (Wildman–Crippen MR) is 57.0 cm³/mol. The number of nitrogens with one attached hydrogen (secondary N) is 1. The van der Waals surface area contributed by atoms with Crippen molar-refractivity contribution in [3.63, 3.8) is 0 Å². The smallest absolute Gasteiger partial charge is 0.331 e. The number of carbonyl (C=O) groups excluding carboxylic acids is 1. The standard InChI is InChI=1S/C11H14N2O2/c1-9-3-4-10(8-13-9)7-12-6-5-11(14)15-2/h3-6,8,12H,7H2,1-2H3/b6-5+. The number of ether oxygens (including phenoxy) is 1. The number of pyridine rings is 1. The maximum absolute atomic E-state index is 10.7. The molecular formula is C11H14N2O2. The van der Waals surface area contributed by atoms with Gasteiger partial charge in [-0.2, -0.15) is 0 Å². The summed E-state index contributed by atoms with van der Waals surface area (Å²) < 4.78 is 4.44. The molecule has 4 nitrogen and oxygen atoms in total. The highest BCUT2D eigenvalue weighted by Gasteiger charge is 1.92. The molecular weight excluding hydrogens is 192 g/mol. The van der Waals surface area contributed by atoms with Crippen LogP contribution in [-0.2, 0) is 16.1 Å². The molecule has 0 spiro atoms. The van der Waals surface area contributed by atoms with E-state index in [1.165, 1.54) is 13.2 Å². The molecule has 0 bridgehead atoms. The van der Waals surface area contributed by atoms with Crippen molar-refractivity contribution in [2.75, 3.05) is 7.11 Å². The minimum Gasteiger partial charge on any atom is -0.466 e. The van der Waals surface area contributed by atoms with Gasteiger partial charge in [0.1, 0.15) is 0 Å². The number of esters is 1. The number of hydrogen-bond acceptors (Lipinski definition) is 4. The Balaban J connectivity index is 2.35. The first-order chi connectivity index (χ1) is 7.22. The van der Waals surface area contributed by atoms with E-state index in [1.807, 2.05) is 19.1 Å². The molecule has 1 aromatic rings. The van der Waals surface area contributed by atoms with E-state index in [0.717, 1.165) is 11.3 Å². The van der Waals surface area contributed by atoms with E-state index in [1.54, 1.807) is 12.4 Å². The maximum atomic E-state index is 10.7. The third-order valence-corrected chi connectivity index (χ3v) is 1.82. The van der Waals surface area contributed by atoms with Crippen molar-refractivity contribution in [3.8, 4) is 0 Å². The summed E-state index contributed by atoms with van der Waals surface area (Å²) in [6, 6.07) is 3.93. The SMILES string of the molecule is COC(=O)/C=C/NCc1ccc(C)nc1. The molecule has 1 aromatic heterocycles. The lowest BCUT2D eigenvalue weighted by atomic mass is 10.2. The van der Waals surface area contributed by atoms with Crippen molar-refractivity contribution in [2.45, 2.75) is 13.5 Å². The monoisotopic (exact) mass is 206 g/mol. The van der Waals surface area contributed by atoms with Gasteiger partial charge in [-0.05, 0) is 18.6 Å². The lowest BCUT2D eigenvalue weighted by Crippen LogP contribution is -2.06. The number of aryl methyl sites for hydroxylation is 1. The molecule has 0 radical (unpaired) electrons. The van der Waals surface area contributed by atoms with E-state index >= 15 is 0 Å². The second-order valence-corrected chi connectivity index (χ2v) is 3.05. The van der Waals surface area contributed by atoms with Crippen LogP contribution in [0.15, 0.2) is 30.6 Å². The minimum absolute atomic E-state index is 0.371. The van der Waals surface area contributed by atoms with E-state index in [-0.39, 0.29) is 5.97 Å². The van der Waals surface area contributed by atoms with Gasteiger partial charge in [-0.25, -0.2) is 4.79 Å². The second kappa shape index (κ2) is 5.80. The van der Waals surface area contributed by atoms with E-state index in [2.05, 4.69) is 15.0 Å². The normalized spacial score (nSPS) is 10.3. The Labute approximate surface area is 89.0 Å². The Bertz CT molecular complexity index is 344. The van der Waals surface area contributed by atoms with Crippen molar-refractivity contribution in [1.82, 2.24) is 10.3 Å². The van der Waals surface area contributed by atoms with Crippen molar-refractivity contribution >= 4 is 5.97 Å². The van der Waals surface area contributed by atoms with E-state index < -0.39 is 0 Å². The highest BCUT2D eigenvalue weighted by molar-refractivity contribution is 5.81. The molecule has 1 rings (SSSR count). The van der Waals surface area contributed by atoms with Gasteiger partial charge in [-0.15, -0.1) is 0 Å². The molecule has 15 heavy (non-hydrogen) atoms. The minimum atomic E-state index is -0.371. The molecule has 0 aliphatic heterocycles. The molecule has 0 saturated heterocycles. The van der Waals surface area contributed by atoms with E-state index in [4.69, 9.17) is 0 Å². The highest BCUT2D eigenvalue weighted by Crippen LogP contribution is 1.98. The first-order valence-electron chi connectivity index (χ1n) is 4.62. The van der Waals surface area contributed by atoms with Gasteiger partial charge in [0, 0.05) is 30.7 Å². The lowest BCUT2D eigenvalue weighted by Gasteiger charge is -2.00. The van der Waals surface area contributed by atoms with Crippen LogP contribution in [0.25, 0.3) is 0 Å². The van der Waals surface area contributed by atoms with Crippen LogP contribution in [0.2, 0.25) is 0 Å². The number of aromatic nitrogens is 1. The molecule has 1 heterocycles. The molecule has 80 valence electrons. The number of rotatable bonds is 4. The van der Waals surface area contributed by atoms with Gasteiger partial charge in [0.2, 0.25) is 0 Å². The van der Waals surface area contributed by atoms with Crippen LogP contribution in [0.1, 0.15) is 11.3 Å². The van der Waals surface area contributed by atoms with Crippen molar-refractivity contribution in [3.05, 3.63) is 41.9 Å². The van der Waals surface area contributed by atoms with Crippen LogP contribution in [0.4, 0.5) is 0 Å². The molecule has 0 amide bonds. The summed E-state index contributed by atoms with van der Waals surface area (Å²) in [5.74, 6) is -0.371. The topological polar surface area (TPSA) is 51.2 Å². The molecule has 0 aliphatic carbocycles. The fourth-order valence-electron chi connectivity index (χ4n) is 0.975. The van der Waals surface area contributed by atoms with Gasteiger partial charge in [0.25, 0.3) is 0 Å². The molecule has 0 saturated carbocycles. The molecule has 0 unspecified atom stereocenters. The van der Waals surface area contributed by atoms with Crippen molar-refractivity contribution in [1.29, 1.82) is 0 Å². The van der Waals surface area contributed by atoms with Crippen LogP contribution in [0.5, 0.6) is 0 Å². The Kier molecular flexibility index (Phi) is 4.34. The summed E-state index contributed by atoms with van der Waals surface area (Å²) in [4.78, 5) is 14.9. The highest BCUT2D eigenvalue weighted by atomic mass is 16.5. The van der Waals surface area contributed by atoms with Crippen LogP contribution < -0.4 is 5.32 Å². The first-order valence-corrected chi connectivity index (χ1v) is 4.62. The number of nitrogens with zero attached hydrogens (tertiary/aromatic N) is 1. The van der Waals surface area contributed by atoms with Gasteiger partial charge in [0.15, 0.2) is 0 Å². The first kappa shape index (κ1) is 11.2. The second-order valence-electron chi connectivity index (χ2n) is 3.05. The zero-order valence-corrected chi connectivity index (χ0v) is 8.86. The molecule has 0 aliphatic rings. The zero-order valence-electron chi connectivity index (χ0n) is 8.86. The number of methoxy groups -OCH3 is 1. The van der Waals surface area contributed by atoms with Crippen molar-refractivity contribution < 1.29 is 9.53 Å². The van der Waals surface area contributed by atoms with Crippen LogP contribution in [0, 0.1) is 6.92 Å². The molecule has 0 atom stereocenters.